The Morgan fingerprint density at radius 1 is 0.920 bits per heavy atom. The number of hydrogen-bond acceptors (Lipinski definition) is 5. The second-order valence-corrected chi connectivity index (χ2v) is 5.09. The van der Waals surface area contributed by atoms with Gasteiger partial charge in [-0.1, -0.05) is 0 Å². The molecule has 0 unspecified atom stereocenters. The average Bonchev–Trinajstić information content (AvgIpc) is 2.65. The number of esters is 1. The van der Waals surface area contributed by atoms with Crippen LogP contribution in [0.3, 0.4) is 0 Å². The molecule has 0 aliphatic carbocycles. The molecule has 0 saturated carbocycles. The van der Waals surface area contributed by atoms with Crippen molar-refractivity contribution in [2.75, 3.05) is 32.2 Å². The molecule has 0 aliphatic heterocycles. The van der Waals surface area contributed by atoms with Gasteiger partial charge in [0.25, 0.3) is 5.91 Å². The molecule has 0 bridgehead atoms. The van der Waals surface area contributed by atoms with Crippen LogP contribution < -0.4 is 10.1 Å². The Bertz CT molecular complexity index is 695. The normalized spacial score (nSPS) is 10.2. The van der Waals surface area contributed by atoms with Gasteiger partial charge < -0.3 is 19.5 Å². The van der Waals surface area contributed by atoms with Crippen LogP contribution in [-0.2, 0) is 9.47 Å². The Morgan fingerprint density at radius 3 is 2.16 bits per heavy atom. The second-order valence-electron chi connectivity index (χ2n) is 5.09. The molecule has 6 heteroatoms. The van der Waals surface area contributed by atoms with E-state index in [0.29, 0.717) is 42.4 Å². The molecule has 0 aliphatic rings. The van der Waals surface area contributed by atoms with Gasteiger partial charge in [0.1, 0.15) is 12.4 Å². The molecular formula is C19H21NO5. The van der Waals surface area contributed by atoms with Gasteiger partial charge in [0, 0.05) is 17.9 Å². The van der Waals surface area contributed by atoms with Gasteiger partial charge in [0.15, 0.2) is 0 Å². The first-order chi connectivity index (χ1) is 12.1. The van der Waals surface area contributed by atoms with E-state index in [2.05, 4.69) is 10.1 Å². The molecule has 1 N–H and O–H groups in total. The number of anilines is 1. The number of amides is 1. The van der Waals surface area contributed by atoms with Crippen molar-refractivity contribution in [2.24, 2.45) is 0 Å². The molecule has 0 radical (unpaired) electrons. The summed E-state index contributed by atoms with van der Waals surface area (Å²) in [6.45, 7) is 3.58. The summed E-state index contributed by atoms with van der Waals surface area (Å²) in [5, 5.41) is 2.77. The SMILES string of the molecule is CCOCCOc1ccc(C(=O)Nc2ccc(C(=O)OC)cc2)cc1. The van der Waals surface area contributed by atoms with E-state index in [1.54, 1.807) is 48.5 Å². The Kier molecular flexibility index (Phi) is 6.98. The molecule has 2 aromatic carbocycles. The summed E-state index contributed by atoms with van der Waals surface area (Å²) in [5.41, 5.74) is 1.53. The molecule has 132 valence electrons. The monoisotopic (exact) mass is 343 g/mol. The molecule has 25 heavy (non-hydrogen) atoms. The predicted octanol–water partition coefficient (Wildman–Crippen LogP) is 3.14. The largest absolute Gasteiger partial charge is 0.491 e. The fourth-order valence-electron chi connectivity index (χ4n) is 2.08. The minimum Gasteiger partial charge on any atom is -0.491 e. The van der Waals surface area contributed by atoms with Gasteiger partial charge in [-0.15, -0.1) is 0 Å². The fourth-order valence-corrected chi connectivity index (χ4v) is 2.08. The quantitative estimate of drug-likeness (QED) is 0.589. The lowest BCUT2D eigenvalue weighted by molar-refractivity contribution is 0.0600. The predicted molar refractivity (Wildman–Crippen MR) is 94.2 cm³/mol. The zero-order chi connectivity index (χ0) is 18.1. The molecule has 2 aromatic rings. The third-order valence-corrected chi connectivity index (χ3v) is 3.38. The maximum atomic E-state index is 12.2. The molecule has 0 spiro atoms. The number of ether oxygens (including phenoxy) is 3. The van der Waals surface area contributed by atoms with Crippen LogP contribution in [0.4, 0.5) is 5.69 Å². The van der Waals surface area contributed by atoms with Gasteiger partial charge in [-0.25, -0.2) is 4.79 Å². The van der Waals surface area contributed by atoms with Crippen LogP contribution in [0.5, 0.6) is 5.75 Å². The zero-order valence-corrected chi connectivity index (χ0v) is 14.3. The zero-order valence-electron chi connectivity index (χ0n) is 14.3. The molecule has 6 nitrogen and oxygen atoms in total. The maximum absolute atomic E-state index is 12.2. The van der Waals surface area contributed by atoms with Crippen molar-refractivity contribution in [3.63, 3.8) is 0 Å². The first-order valence-corrected chi connectivity index (χ1v) is 7.94. The Morgan fingerprint density at radius 2 is 1.56 bits per heavy atom. The van der Waals surface area contributed by atoms with Crippen molar-refractivity contribution < 1.29 is 23.8 Å². The Hall–Kier alpha value is -2.86. The minimum atomic E-state index is -0.419. The van der Waals surface area contributed by atoms with E-state index in [4.69, 9.17) is 9.47 Å². The number of nitrogens with one attached hydrogen (secondary N) is 1. The van der Waals surface area contributed by atoms with Crippen LogP contribution in [0, 0.1) is 0 Å². The third kappa shape index (κ3) is 5.61. The molecule has 0 heterocycles. The van der Waals surface area contributed by atoms with Crippen LogP contribution in [-0.4, -0.2) is 38.8 Å². The van der Waals surface area contributed by atoms with Gasteiger partial charge in [0.05, 0.1) is 19.3 Å². The highest BCUT2D eigenvalue weighted by atomic mass is 16.5. The van der Waals surface area contributed by atoms with Gasteiger partial charge in [-0.3, -0.25) is 4.79 Å². The lowest BCUT2D eigenvalue weighted by Crippen LogP contribution is -2.12. The van der Waals surface area contributed by atoms with E-state index in [9.17, 15) is 9.59 Å². The van der Waals surface area contributed by atoms with Gasteiger partial charge >= 0.3 is 5.97 Å². The van der Waals surface area contributed by atoms with Gasteiger partial charge in [-0.05, 0) is 55.5 Å². The molecule has 0 atom stereocenters. The van der Waals surface area contributed by atoms with Crippen molar-refractivity contribution in [2.45, 2.75) is 6.92 Å². The minimum absolute atomic E-state index is 0.244. The lowest BCUT2D eigenvalue weighted by atomic mass is 10.1. The summed E-state index contributed by atoms with van der Waals surface area (Å²) in [6.07, 6.45) is 0. The highest BCUT2D eigenvalue weighted by Gasteiger charge is 2.08. The lowest BCUT2D eigenvalue weighted by Gasteiger charge is -2.08. The maximum Gasteiger partial charge on any atom is 0.337 e. The van der Waals surface area contributed by atoms with E-state index < -0.39 is 5.97 Å². The number of rotatable bonds is 8. The van der Waals surface area contributed by atoms with Crippen LogP contribution in [0.15, 0.2) is 48.5 Å². The van der Waals surface area contributed by atoms with Crippen LogP contribution in [0.2, 0.25) is 0 Å². The van der Waals surface area contributed by atoms with Gasteiger partial charge in [-0.2, -0.15) is 0 Å². The Balaban J connectivity index is 1.91. The first-order valence-electron chi connectivity index (χ1n) is 7.94. The van der Waals surface area contributed by atoms with E-state index in [-0.39, 0.29) is 5.91 Å². The molecule has 1 amide bonds. The molecule has 2 rings (SSSR count). The number of carbonyl (C=O) groups excluding carboxylic acids is 2. The third-order valence-electron chi connectivity index (χ3n) is 3.38. The summed E-state index contributed by atoms with van der Waals surface area (Å²) in [4.78, 5) is 23.6. The van der Waals surface area contributed by atoms with Crippen LogP contribution >= 0.6 is 0 Å². The number of methoxy groups -OCH3 is 1. The second kappa shape index (κ2) is 9.44. The van der Waals surface area contributed by atoms with Crippen molar-refractivity contribution >= 4 is 17.6 Å². The number of carbonyl (C=O) groups is 2. The van der Waals surface area contributed by atoms with Crippen molar-refractivity contribution in [1.82, 2.24) is 0 Å². The standard InChI is InChI=1S/C19H21NO5/c1-3-24-12-13-25-17-10-6-14(7-11-17)18(21)20-16-8-4-15(5-9-16)19(22)23-2/h4-11H,3,12-13H2,1-2H3,(H,20,21). The highest BCUT2D eigenvalue weighted by molar-refractivity contribution is 6.04. The summed E-state index contributed by atoms with van der Waals surface area (Å²) >= 11 is 0. The van der Waals surface area contributed by atoms with Gasteiger partial charge in [0.2, 0.25) is 0 Å². The molecule has 0 fully saturated rings. The van der Waals surface area contributed by atoms with E-state index in [1.165, 1.54) is 7.11 Å². The van der Waals surface area contributed by atoms with E-state index >= 15 is 0 Å². The van der Waals surface area contributed by atoms with E-state index in [1.807, 2.05) is 6.92 Å². The smallest absolute Gasteiger partial charge is 0.337 e. The summed E-state index contributed by atoms with van der Waals surface area (Å²) in [6, 6.07) is 13.3. The fraction of sp³-hybridized carbons (Fsp3) is 0.263. The highest BCUT2D eigenvalue weighted by Crippen LogP contribution is 2.15. The number of hydrogen-bond donors (Lipinski definition) is 1. The van der Waals surface area contributed by atoms with Crippen LogP contribution in [0.25, 0.3) is 0 Å². The first kappa shape index (κ1) is 18.5. The topological polar surface area (TPSA) is 73.9 Å². The van der Waals surface area contributed by atoms with E-state index in [0.717, 1.165) is 0 Å². The summed E-state index contributed by atoms with van der Waals surface area (Å²) in [7, 11) is 1.32. The molecular weight excluding hydrogens is 322 g/mol. The summed E-state index contributed by atoms with van der Waals surface area (Å²) in [5.74, 6) is 0.0168. The van der Waals surface area contributed by atoms with Crippen molar-refractivity contribution in [1.29, 1.82) is 0 Å². The van der Waals surface area contributed by atoms with Crippen LogP contribution in [0.1, 0.15) is 27.6 Å². The Labute approximate surface area is 146 Å². The molecule has 0 saturated heterocycles. The van der Waals surface area contributed by atoms with Crippen molar-refractivity contribution in [3.8, 4) is 5.75 Å². The van der Waals surface area contributed by atoms with Crippen molar-refractivity contribution in [3.05, 3.63) is 59.7 Å². The average molecular weight is 343 g/mol. The summed E-state index contributed by atoms with van der Waals surface area (Å²) < 4.78 is 15.3. The number of benzene rings is 2. The molecule has 0 aromatic heterocycles.